The topological polar surface area (TPSA) is 62.8 Å². The van der Waals surface area contributed by atoms with Crippen LogP contribution in [0.5, 0.6) is 11.5 Å². The number of carbonyl (C=O) groups excluding carboxylic acids is 1. The van der Waals surface area contributed by atoms with Crippen LogP contribution in [-0.2, 0) is 4.79 Å². The number of carbonyl (C=O) groups is 1. The molecule has 1 aromatic rings. The molecule has 2 N–H and O–H groups in total. The van der Waals surface area contributed by atoms with Crippen LogP contribution in [0, 0.1) is 5.92 Å². The van der Waals surface area contributed by atoms with Crippen LogP contribution in [-0.4, -0.2) is 57.2 Å². The molecule has 0 atom stereocenters. The Bertz CT molecular complexity index is 562. The summed E-state index contributed by atoms with van der Waals surface area (Å²) in [6.45, 7) is 4.66. The number of halogens is 1. The van der Waals surface area contributed by atoms with Crippen molar-refractivity contribution in [3.63, 3.8) is 0 Å². The summed E-state index contributed by atoms with van der Waals surface area (Å²) < 4.78 is 11.0. The monoisotopic (exact) mass is 369 g/mol. The second-order valence-electron chi connectivity index (χ2n) is 6.52. The number of hydrogen-bond acceptors (Lipinski definition) is 5. The number of hydrogen-bond donors (Lipinski definition) is 2. The highest BCUT2D eigenvalue weighted by Crippen LogP contribution is 2.32. The molecule has 0 bridgehead atoms. The van der Waals surface area contributed by atoms with Crippen LogP contribution >= 0.6 is 12.4 Å². The average molecular weight is 370 g/mol. The van der Waals surface area contributed by atoms with Gasteiger partial charge >= 0.3 is 0 Å². The van der Waals surface area contributed by atoms with Crippen LogP contribution in [0.3, 0.4) is 0 Å². The quantitative estimate of drug-likeness (QED) is 0.804. The number of anilines is 1. The van der Waals surface area contributed by atoms with Crippen LogP contribution in [0.4, 0.5) is 5.69 Å². The lowest BCUT2D eigenvalue weighted by Crippen LogP contribution is -2.39. The summed E-state index contributed by atoms with van der Waals surface area (Å²) in [5, 5.41) is 6.17. The molecule has 1 amide bonds. The van der Waals surface area contributed by atoms with Gasteiger partial charge in [0.05, 0.1) is 6.54 Å². The average Bonchev–Trinajstić information content (AvgIpc) is 2.61. The summed E-state index contributed by atoms with van der Waals surface area (Å²) in [5.41, 5.74) is 0.758. The summed E-state index contributed by atoms with van der Waals surface area (Å²) in [7, 11) is 2.00. The van der Waals surface area contributed by atoms with E-state index in [-0.39, 0.29) is 18.3 Å². The number of amides is 1. The second-order valence-corrected chi connectivity index (χ2v) is 6.52. The van der Waals surface area contributed by atoms with Crippen LogP contribution < -0.4 is 20.1 Å². The second kappa shape index (κ2) is 9.85. The summed E-state index contributed by atoms with van der Waals surface area (Å²) in [5.74, 6) is 2.25. The molecule has 0 unspecified atom stereocenters. The Morgan fingerprint density at radius 1 is 1.20 bits per heavy atom. The molecule has 0 aliphatic carbocycles. The molecule has 140 valence electrons. The van der Waals surface area contributed by atoms with Crippen molar-refractivity contribution in [1.82, 2.24) is 10.2 Å². The summed E-state index contributed by atoms with van der Waals surface area (Å²) in [4.78, 5) is 14.5. The summed E-state index contributed by atoms with van der Waals surface area (Å²) in [6.07, 6.45) is 3.59. The van der Waals surface area contributed by atoms with Gasteiger partial charge in [-0.25, -0.2) is 0 Å². The summed E-state index contributed by atoms with van der Waals surface area (Å²) >= 11 is 0. The molecular weight excluding hydrogens is 342 g/mol. The number of likely N-dealkylation sites (tertiary alicyclic amines) is 1. The smallest absolute Gasteiger partial charge is 0.238 e. The summed E-state index contributed by atoms with van der Waals surface area (Å²) in [6, 6.07) is 5.53. The molecular formula is C18H28ClN3O3. The molecule has 1 aromatic carbocycles. The number of fused-ring (bicyclic) bond motifs is 1. The fourth-order valence-corrected chi connectivity index (χ4v) is 3.31. The van der Waals surface area contributed by atoms with Crippen molar-refractivity contribution in [2.24, 2.45) is 5.92 Å². The third-order valence-electron chi connectivity index (χ3n) is 4.70. The van der Waals surface area contributed by atoms with E-state index in [0.717, 1.165) is 37.0 Å². The highest BCUT2D eigenvalue weighted by atomic mass is 35.5. The predicted octanol–water partition coefficient (Wildman–Crippen LogP) is 2.14. The van der Waals surface area contributed by atoms with Gasteiger partial charge in [0.1, 0.15) is 13.2 Å². The molecule has 1 fully saturated rings. The van der Waals surface area contributed by atoms with Crippen molar-refractivity contribution in [3.05, 3.63) is 18.2 Å². The molecule has 2 heterocycles. The molecule has 6 nitrogen and oxygen atoms in total. The van der Waals surface area contributed by atoms with Gasteiger partial charge in [-0.05, 0) is 64.0 Å². The molecule has 2 aliphatic heterocycles. The third-order valence-corrected chi connectivity index (χ3v) is 4.70. The zero-order chi connectivity index (χ0) is 16.8. The highest BCUT2D eigenvalue weighted by Gasteiger charge is 2.20. The van der Waals surface area contributed by atoms with Crippen molar-refractivity contribution < 1.29 is 14.3 Å². The van der Waals surface area contributed by atoms with Gasteiger partial charge in [-0.3, -0.25) is 9.69 Å². The molecule has 3 rings (SSSR count). The van der Waals surface area contributed by atoms with Crippen molar-refractivity contribution >= 4 is 24.0 Å². The maximum Gasteiger partial charge on any atom is 0.238 e. The van der Waals surface area contributed by atoms with Crippen molar-refractivity contribution in [1.29, 1.82) is 0 Å². The highest BCUT2D eigenvalue weighted by molar-refractivity contribution is 5.92. The van der Waals surface area contributed by atoms with E-state index in [1.807, 2.05) is 25.2 Å². The van der Waals surface area contributed by atoms with Crippen LogP contribution in [0.15, 0.2) is 18.2 Å². The lowest BCUT2D eigenvalue weighted by atomic mass is 9.93. The van der Waals surface area contributed by atoms with E-state index in [2.05, 4.69) is 15.5 Å². The zero-order valence-electron chi connectivity index (χ0n) is 14.8. The van der Waals surface area contributed by atoms with Crippen molar-refractivity contribution in [3.8, 4) is 11.5 Å². The Kier molecular flexibility index (Phi) is 7.81. The van der Waals surface area contributed by atoms with Gasteiger partial charge in [0.2, 0.25) is 5.91 Å². The Balaban J connectivity index is 0.00000225. The Morgan fingerprint density at radius 2 is 1.92 bits per heavy atom. The Morgan fingerprint density at radius 3 is 2.64 bits per heavy atom. The number of benzene rings is 1. The number of nitrogens with one attached hydrogen (secondary N) is 2. The maximum atomic E-state index is 12.3. The van der Waals surface area contributed by atoms with Crippen LogP contribution in [0.2, 0.25) is 0 Å². The lowest BCUT2D eigenvalue weighted by Gasteiger charge is -2.31. The third kappa shape index (κ3) is 5.76. The van der Waals surface area contributed by atoms with E-state index in [4.69, 9.17) is 9.47 Å². The molecule has 25 heavy (non-hydrogen) atoms. The molecule has 0 spiro atoms. The minimum atomic E-state index is 0. The first-order valence-corrected chi connectivity index (χ1v) is 8.81. The van der Waals surface area contributed by atoms with E-state index in [9.17, 15) is 4.79 Å². The molecule has 1 saturated heterocycles. The van der Waals surface area contributed by atoms with Gasteiger partial charge in [0.25, 0.3) is 0 Å². The first-order chi connectivity index (χ1) is 11.7. The van der Waals surface area contributed by atoms with Gasteiger partial charge in [-0.2, -0.15) is 0 Å². The van der Waals surface area contributed by atoms with E-state index in [1.165, 1.54) is 19.3 Å². The molecule has 0 aromatic heterocycles. The minimum Gasteiger partial charge on any atom is -0.486 e. The van der Waals surface area contributed by atoms with Gasteiger partial charge in [0, 0.05) is 11.8 Å². The van der Waals surface area contributed by atoms with Crippen LogP contribution in [0.1, 0.15) is 19.3 Å². The SMILES string of the molecule is CNCCC1CCN(CC(=O)Nc2ccc3c(c2)OCCO3)CC1.Cl. The van der Waals surface area contributed by atoms with Gasteiger partial charge in [-0.15, -0.1) is 12.4 Å². The fourth-order valence-electron chi connectivity index (χ4n) is 3.31. The number of nitrogens with zero attached hydrogens (tertiary/aromatic N) is 1. The number of piperidine rings is 1. The molecule has 2 aliphatic rings. The predicted molar refractivity (Wildman–Crippen MR) is 101 cm³/mol. The number of rotatable bonds is 6. The van der Waals surface area contributed by atoms with Crippen LogP contribution in [0.25, 0.3) is 0 Å². The minimum absolute atomic E-state index is 0. The van der Waals surface area contributed by atoms with E-state index in [0.29, 0.717) is 25.5 Å². The maximum absolute atomic E-state index is 12.3. The standard InChI is InChI=1S/C18H27N3O3.ClH/c1-19-7-4-14-5-8-21(9-6-14)13-18(22)20-15-2-3-16-17(12-15)24-11-10-23-16;/h2-3,12,14,19H,4-11,13H2,1H3,(H,20,22);1H. The first kappa shape index (κ1) is 19.8. The largest absolute Gasteiger partial charge is 0.486 e. The molecule has 0 radical (unpaired) electrons. The van der Waals surface area contributed by atoms with Gasteiger partial charge < -0.3 is 20.1 Å². The van der Waals surface area contributed by atoms with Gasteiger partial charge in [0.15, 0.2) is 11.5 Å². The first-order valence-electron chi connectivity index (χ1n) is 8.81. The lowest BCUT2D eigenvalue weighted by molar-refractivity contribution is -0.117. The van der Waals surface area contributed by atoms with E-state index < -0.39 is 0 Å². The Hall–Kier alpha value is -1.50. The normalized spacial score (nSPS) is 17.6. The number of ether oxygens (including phenoxy) is 2. The molecule has 7 heteroatoms. The van der Waals surface area contributed by atoms with E-state index in [1.54, 1.807) is 0 Å². The van der Waals surface area contributed by atoms with Crippen molar-refractivity contribution in [2.75, 3.05) is 51.8 Å². The molecule has 0 saturated carbocycles. The fraction of sp³-hybridized carbons (Fsp3) is 0.611. The van der Waals surface area contributed by atoms with Crippen molar-refractivity contribution in [2.45, 2.75) is 19.3 Å². The zero-order valence-corrected chi connectivity index (χ0v) is 15.6. The van der Waals surface area contributed by atoms with E-state index >= 15 is 0 Å². The van der Waals surface area contributed by atoms with Gasteiger partial charge in [-0.1, -0.05) is 0 Å². The Labute approximate surface area is 155 Å².